The van der Waals surface area contributed by atoms with E-state index in [1.807, 2.05) is 35.8 Å². The van der Waals surface area contributed by atoms with Crippen molar-refractivity contribution in [2.75, 3.05) is 31.6 Å². The summed E-state index contributed by atoms with van der Waals surface area (Å²) < 4.78 is 2.02. The molecule has 0 saturated carbocycles. The molecular weight excluding hydrogens is 465 g/mol. The zero-order valence-electron chi connectivity index (χ0n) is 16.0. The minimum absolute atomic E-state index is 0. The standard InChI is InChI=1S/C20H25N7.HI/c1-21-20(22-12-10-19-25-24-18-9-5-6-13-27(18)19)23-16-11-14-26(15-16)17-7-3-2-4-8-17;/h2-9,13,16H,10-12,14-15H2,1H3,(H2,21,22,23);1H. The Hall–Kier alpha value is -2.36. The number of rotatable bonds is 5. The van der Waals surface area contributed by atoms with Gasteiger partial charge in [-0.3, -0.25) is 9.39 Å². The number of guanidine groups is 1. The molecule has 148 valence electrons. The van der Waals surface area contributed by atoms with Crippen molar-refractivity contribution >= 4 is 41.3 Å². The summed E-state index contributed by atoms with van der Waals surface area (Å²) in [5, 5.41) is 15.4. The van der Waals surface area contributed by atoms with Crippen LogP contribution in [0.25, 0.3) is 5.65 Å². The van der Waals surface area contributed by atoms with Crippen LogP contribution in [-0.2, 0) is 6.42 Å². The third kappa shape index (κ3) is 4.73. The average Bonchev–Trinajstić information content (AvgIpc) is 3.35. The Labute approximate surface area is 182 Å². The van der Waals surface area contributed by atoms with Crippen molar-refractivity contribution < 1.29 is 0 Å². The molecule has 1 atom stereocenters. The fourth-order valence-corrected chi connectivity index (χ4v) is 3.49. The number of pyridine rings is 1. The number of fused-ring (bicyclic) bond motifs is 1. The van der Waals surface area contributed by atoms with Crippen molar-refractivity contribution in [3.05, 3.63) is 60.6 Å². The summed E-state index contributed by atoms with van der Waals surface area (Å²) in [5.41, 5.74) is 2.16. The van der Waals surface area contributed by atoms with Crippen molar-refractivity contribution in [2.24, 2.45) is 4.99 Å². The van der Waals surface area contributed by atoms with Gasteiger partial charge < -0.3 is 15.5 Å². The highest BCUT2D eigenvalue weighted by Crippen LogP contribution is 2.19. The zero-order valence-corrected chi connectivity index (χ0v) is 18.3. The molecule has 0 amide bonds. The molecule has 28 heavy (non-hydrogen) atoms. The molecule has 0 aliphatic carbocycles. The summed E-state index contributed by atoms with van der Waals surface area (Å²) in [4.78, 5) is 6.77. The van der Waals surface area contributed by atoms with Crippen LogP contribution in [0.15, 0.2) is 59.7 Å². The highest BCUT2D eigenvalue weighted by molar-refractivity contribution is 14.0. The zero-order chi connectivity index (χ0) is 18.5. The lowest BCUT2D eigenvalue weighted by Crippen LogP contribution is -2.45. The molecule has 2 aromatic heterocycles. The number of aliphatic imine (C=N–C) groups is 1. The van der Waals surface area contributed by atoms with E-state index in [-0.39, 0.29) is 24.0 Å². The quantitative estimate of drug-likeness (QED) is 0.326. The molecule has 8 heteroatoms. The Morgan fingerprint density at radius 2 is 1.96 bits per heavy atom. The Balaban J connectivity index is 0.00000225. The van der Waals surface area contributed by atoms with E-state index in [4.69, 9.17) is 0 Å². The molecule has 1 aromatic carbocycles. The van der Waals surface area contributed by atoms with Crippen molar-refractivity contribution in [1.82, 2.24) is 25.2 Å². The number of anilines is 1. The first kappa shape index (κ1) is 20.4. The first-order valence-electron chi connectivity index (χ1n) is 9.39. The van der Waals surface area contributed by atoms with Crippen LogP contribution in [-0.4, -0.2) is 53.3 Å². The van der Waals surface area contributed by atoms with Crippen LogP contribution in [0.1, 0.15) is 12.2 Å². The minimum Gasteiger partial charge on any atom is -0.369 e. The summed E-state index contributed by atoms with van der Waals surface area (Å²) >= 11 is 0. The largest absolute Gasteiger partial charge is 0.369 e. The summed E-state index contributed by atoms with van der Waals surface area (Å²) in [6.45, 7) is 2.80. The third-order valence-electron chi connectivity index (χ3n) is 4.90. The van der Waals surface area contributed by atoms with Gasteiger partial charge >= 0.3 is 0 Å². The number of benzene rings is 1. The van der Waals surface area contributed by atoms with Crippen LogP contribution < -0.4 is 15.5 Å². The molecule has 4 rings (SSSR count). The van der Waals surface area contributed by atoms with Crippen LogP contribution in [0.4, 0.5) is 5.69 Å². The van der Waals surface area contributed by atoms with Gasteiger partial charge in [0.05, 0.1) is 0 Å². The summed E-state index contributed by atoms with van der Waals surface area (Å²) in [6.07, 6.45) is 3.88. The van der Waals surface area contributed by atoms with Gasteiger partial charge in [0, 0.05) is 51.0 Å². The third-order valence-corrected chi connectivity index (χ3v) is 4.90. The van der Waals surface area contributed by atoms with Crippen molar-refractivity contribution in [1.29, 1.82) is 0 Å². The van der Waals surface area contributed by atoms with Gasteiger partial charge in [0.2, 0.25) is 0 Å². The van der Waals surface area contributed by atoms with Gasteiger partial charge in [-0.2, -0.15) is 0 Å². The number of aromatic nitrogens is 3. The molecular formula is C20H26IN7. The number of nitrogens with zero attached hydrogens (tertiary/aromatic N) is 5. The number of hydrogen-bond acceptors (Lipinski definition) is 4. The summed E-state index contributed by atoms with van der Waals surface area (Å²) in [6, 6.07) is 16.9. The van der Waals surface area contributed by atoms with Crippen LogP contribution in [0.3, 0.4) is 0 Å². The molecule has 1 aliphatic heterocycles. The highest BCUT2D eigenvalue weighted by atomic mass is 127. The van der Waals surface area contributed by atoms with E-state index in [9.17, 15) is 0 Å². The van der Waals surface area contributed by atoms with E-state index in [1.165, 1.54) is 5.69 Å². The van der Waals surface area contributed by atoms with Gasteiger partial charge in [-0.25, -0.2) is 0 Å². The topological polar surface area (TPSA) is 69.8 Å². The molecule has 0 spiro atoms. The Morgan fingerprint density at radius 1 is 1.14 bits per heavy atom. The maximum absolute atomic E-state index is 4.36. The van der Waals surface area contributed by atoms with E-state index in [0.717, 1.165) is 49.9 Å². The molecule has 1 fully saturated rings. The first-order chi connectivity index (χ1) is 13.3. The van der Waals surface area contributed by atoms with Crippen LogP contribution in [0.5, 0.6) is 0 Å². The van der Waals surface area contributed by atoms with Crippen molar-refractivity contribution in [3.8, 4) is 0 Å². The smallest absolute Gasteiger partial charge is 0.191 e. The fraction of sp³-hybridized carbons (Fsp3) is 0.350. The number of hydrogen-bond donors (Lipinski definition) is 2. The van der Waals surface area contributed by atoms with E-state index < -0.39 is 0 Å². The van der Waals surface area contributed by atoms with Gasteiger partial charge in [-0.1, -0.05) is 24.3 Å². The molecule has 2 N–H and O–H groups in total. The highest BCUT2D eigenvalue weighted by Gasteiger charge is 2.23. The maximum Gasteiger partial charge on any atom is 0.191 e. The SMILES string of the molecule is CN=C(NCCc1nnc2ccccn12)NC1CCN(c2ccccc2)C1.I. The second-order valence-corrected chi connectivity index (χ2v) is 6.71. The molecule has 0 bridgehead atoms. The van der Waals surface area contributed by atoms with Crippen molar-refractivity contribution in [3.63, 3.8) is 0 Å². The van der Waals surface area contributed by atoms with E-state index >= 15 is 0 Å². The predicted molar refractivity (Wildman–Crippen MR) is 124 cm³/mol. The predicted octanol–water partition coefficient (Wildman–Crippen LogP) is 2.33. The van der Waals surface area contributed by atoms with Crippen LogP contribution in [0.2, 0.25) is 0 Å². The number of halogens is 1. The van der Waals surface area contributed by atoms with Gasteiger partial charge in [0.25, 0.3) is 0 Å². The summed E-state index contributed by atoms with van der Waals surface area (Å²) in [7, 11) is 1.81. The molecule has 3 aromatic rings. The lowest BCUT2D eigenvalue weighted by molar-refractivity contribution is 0.646. The summed E-state index contributed by atoms with van der Waals surface area (Å²) in [5.74, 6) is 1.79. The van der Waals surface area contributed by atoms with Gasteiger partial charge in [-0.15, -0.1) is 34.2 Å². The molecule has 3 heterocycles. The molecule has 0 radical (unpaired) electrons. The maximum atomic E-state index is 4.36. The minimum atomic E-state index is 0. The van der Waals surface area contributed by atoms with E-state index in [2.05, 4.69) is 61.1 Å². The second kappa shape index (κ2) is 9.72. The fourth-order valence-electron chi connectivity index (χ4n) is 3.49. The molecule has 1 aliphatic rings. The lowest BCUT2D eigenvalue weighted by Gasteiger charge is -2.20. The van der Waals surface area contributed by atoms with Crippen LogP contribution in [0, 0.1) is 0 Å². The second-order valence-electron chi connectivity index (χ2n) is 6.71. The van der Waals surface area contributed by atoms with Gasteiger partial charge in [-0.05, 0) is 30.7 Å². The Bertz CT molecular complexity index is 909. The molecule has 1 saturated heterocycles. The number of nitrogens with one attached hydrogen (secondary N) is 2. The van der Waals surface area contributed by atoms with Crippen LogP contribution >= 0.6 is 24.0 Å². The Kier molecular flexibility index (Phi) is 7.07. The van der Waals surface area contributed by atoms with Crippen molar-refractivity contribution in [2.45, 2.75) is 18.9 Å². The average molecular weight is 491 g/mol. The van der Waals surface area contributed by atoms with E-state index in [0.29, 0.717) is 6.04 Å². The molecule has 1 unspecified atom stereocenters. The number of para-hydroxylation sites is 1. The first-order valence-corrected chi connectivity index (χ1v) is 9.39. The lowest BCUT2D eigenvalue weighted by atomic mass is 10.2. The normalized spacial score (nSPS) is 16.8. The van der Waals surface area contributed by atoms with Gasteiger partial charge in [0.1, 0.15) is 5.82 Å². The monoisotopic (exact) mass is 491 g/mol. The van der Waals surface area contributed by atoms with Gasteiger partial charge in [0.15, 0.2) is 11.6 Å². The van der Waals surface area contributed by atoms with E-state index in [1.54, 1.807) is 0 Å². The molecule has 7 nitrogen and oxygen atoms in total. The Morgan fingerprint density at radius 3 is 2.79 bits per heavy atom.